The van der Waals surface area contributed by atoms with Crippen molar-refractivity contribution in [3.63, 3.8) is 0 Å². The maximum Gasteiger partial charge on any atom is 0.272 e. The van der Waals surface area contributed by atoms with Gasteiger partial charge in [0.05, 0.1) is 13.1 Å². The minimum atomic E-state index is 0.839. The van der Waals surface area contributed by atoms with Crippen molar-refractivity contribution in [1.82, 2.24) is 0 Å². The number of benzene rings is 2. The molecule has 4 rings (SSSR count). The summed E-state index contributed by atoms with van der Waals surface area (Å²) in [4.78, 5) is 5.17. The van der Waals surface area contributed by atoms with Crippen LogP contribution in [0.25, 0.3) is 10.9 Å². The lowest BCUT2D eigenvalue weighted by atomic mass is 10.1. The summed E-state index contributed by atoms with van der Waals surface area (Å²) in [6, 6.07) is 21.7. The van der Waals surface area contributed by atoms with E-state index in [0.29, 0.717) is 0 Å². The molecule has 3 N–H and O–H groups in total. The fraction of sp³-hybridized carbons (Fsp3) is 0.286. The Hall–Kier alpha value is -2.39. The molecule has 1 saturated heterocycles. The Bertz CT molecular complexity index is 805. The number of anilines is 1. The molecule has 0 bridgehead atoms. The fourth-order valence-corrected chi connectivity index (χ4v) is 3.53. The van der Waals surface area contributed by atoms with Gasteiger partial charge in [-0.1, -0.05) is 42.5 Å². The molecule has 0 radical (unpaired) electrons. The third-order valence-electron chi connectivity index (χ3n) is 4.93. The predicted octanol–water partition coefficient (Wildman–Crippen LogP) is 2.44. The van der Waals surface area contributed by atoms with Crippen LogP contribution in [0.2, 0.25) is 0 Å². The van der Waals surface area contributed by atoms with E-state index in [9.17, 15) is 0 Å². The van der Waals surface area contributed by atoms with Crippen molar-refractivity contribution in [3.05, 3.63) is 71.8 Å². The van der Waals surface area contributed by atoms with Crippen LogP contribution in [0.5, 0.6) is 0 Å². The maximum atomic E-state index is 3.48. The Morgan fingerprint density at radius 2 is 1.58 bits per heavy atom. The molecule has 122 valence electrons. The molecule has 2 aromatic carbocycles. The first-order chi connectivity index (χ1) is 11.9. The second-order valence-electron chi connectivity index (χ2n) is 6.76. The first kappa shape index (κ1) is 15.2. The molecule has 1 fully saturated rings. The van der Waals surface area contributed by atoms with Gasteiger partial charge in [0.2, 0.25) is 0 Å². The van der Waals surface area contributed by atoms with Crippen LogP contribution in [-0.4, -0.2) is 13.1 Å². The van der Waals surface area contributed by atoms with E-state index >= 15 is 0 Å². The third kappa shape index (κ3) is 3.57. The number of rotatable bonds is 5. The number of aromatic nitrogens is 1. The van der Waals surface area contributed by atoms with E-state index in [1.165, 1.54) is 49.0 Å². The zero-order valence-corrected chi connectivity index (χ0v) is 14.0. The molecule has 0 aliphatic carbocycles. The first-order valence-corrected chi connectivity index (χ1v) is 8.93. The van der Waals surface area contributed by atoms with Gasteiger partial charge in [-0.15, -0.1) is 0 Å². The highest BCUT2D eigenvalue weighted by atomic mass is 15.1. The number of aromatic amines is 1. The van der Waals surface area contributed by atoms with Crippen LogP contribution in [0, 0.1) is 0 Å². The van der Waals surface area contributed by atoms with E-state index in [1.54, 1.807) is 4.90 Å². The van der Waals surface area contributed by atoms with Crippen LogP contribution in [0.3, 0.4) is 0 Å². The van der Waals surface area contributed by atoms with Crippen molar-refractivity contribution in [1.29, 1.82) is 0 Å². The van der Waals surface area contributed by atoms with Gasteiger partial charge in [-0.3, -0.25) is 5.32 Å². The van der Waals surface area contributed by atoms with Gasteiger partial charge in [-0.2, -0.15) is 0 Å². The summed E-state index contributed by atoms with van der Waals surface area (Å²) in [6.07, 6.45) is 2.78. The molecule has 0 unspecified atom stereocenters. The molecule has 3 heteroatoms. The Balaban J connectivity index is 1.37. The van der Waals surface area contributed by atoms with Crippen LogP contribution in [-0.2, 0) is 13.1 Å². The number of pyridine rings is 1. The van der Waals surface area contributed by atoms with Gasteiger partial charge in [-0.05, 0) is 17.7 Å². The Kier molecular flexibility index (Phi) is 4.43. The monoisotopic (exact) mass is 319 g/mol. The molecule has 0 atom stereocenters. The molecule has 0 spiro atoms. The van der Waals surface area contributed by atoms with Crippen LogP contribution in [0.4, 0.5) is 5.82 Å². The molecule has 1 aliphatic rings. The number of nitrogens with one attached hydrogen (secondary N) is 3. The molecule has 2 heterocycles. The number of likely N-dealkylation sites (tertiary alicyclic amines) is 1. The Morgan fingerprint density at radius 3 is 2.42 bits per heavy atom. The van der Waals surface area contributed by atoms with Crippen LogP contribution >= 0.6 is 0 Å². The lowest BCUT2D eigenvalue weighted by Gasteiger charge is -2.12. The van der Waals surface area contributed by atoms with Crippen molar-refractivity contribution in [2.75, 3.05) is 18.4 Å². The normalized spacial score (nSPS) is 15.0. The Morgan fingerprint density at radius 1 is 0.833 bits per heavy atom. The molecular weight excluding hydrogens is 294 g/mol. The number of para-hydroxylation sites is 1. The average Bonchev–Trinajstić information content (AvgIpc) is 3.14. The molecular formula is C21H25N3+2. The van der Waals surface area contributed by atoms with E-state index in [2.05, 4.69) is 71.0 Å². The van der Waals surface area contributed by atoms with E-state index in [0.717, 1.165) is 17.9 Å². The zero-order valence-electron chi connectivity index (χ0n) is 14.0. The maximum absolute atomic E-state index is 3.48. The van der Waals surface area contributed by atoms with Crippen LogP contribution in [0.15, 0.2) is 60.7 Å². The number of hydrogen-bond donors (Lipinski definition) is 2. The highest BCUT2D eigenvalue weighted by Crippen LogP contribution is 2.11. The third-order valence-corrected chi connectivity index (χ3v) is 4.93. The highest BCUT2D eigenvalue weighted by molar-refractivity contribution is 5.75. The topological polar surface area (TPSA) is 30.6 Å². The van der Waals surface area contributed by atoms with Crippen LogP contribution in [0.1, 0.15) is 24.0 Å². The standard InChI is InChI=1S/C21H23N3/c1-2-6-20-19(5-1)11-12-21(23-20)22-15-17-7-9-18(10-8-17)16-24-13-3-4-14-24/h1-2,5-12H,3-4,13-16H2,(H,22,23)/p+2. The Labute approximate surface area is 143 Å². The highest BCUT2D eigenvalue weighted by Gasteiger charge is 2.15. The summed E-state index contributed by atoms with van der Waals surface area (Å²) in [5, 5.41) is 4.72. The van der Waals surface area contributed by atoms with Crippen molar-refractivity contribution in [3.8, 4) is 0 Å². The zero-order chi connectivity index (χ0) is 16.2. The van der Waals surface area contributed by atoms with E-state index < -0.39 is 0 Å². The minimum absolute atomic E-state index is 0.839. The summed E-state index contributed by atoms with van der Waals surface area (Å²) in [5.74, 6) is 1.05. The average molecular weight is 319 g/mol. The van der Waals surface area contributed by atoms with Gasteiger partial charge in [-0.25, -0.2) is 4.98 Å². The number of hydrogen-bond acceptors (Lipinski definition) is 1. The number of fused-ring (bicyclic) bond motifs is 1. The lowest BCUT2D eigenvalue weighted by molar-refractivity contribution is -0.901. The molecule has 1 aliphatic heterocycles. The van der Waals surface area contributed by atoms with Crippen molar-refractivity contribution >= 4 is 16.7 Å². The van der Waals surface area contributed by atoms with E-state index in [-0.39, 0.29) is 0 Å². The largest absolute Gasteiger partial charge is 0.331 e. The summed E-state index contributed by atoms with van der Waals surface area (Å²) in [5.41, 5.74) is 3.93. The van der Waals surface area contributed by atoms with Gasteiger partial charge < -0.3 is 4.90 Å². The second kappa shape index (κ2) is 7.02. The van der Waals surface area contributed by atoms with Crippen molar-refractivity contribution in [2.24, 2.45) is 0 Å². The van der Waals surface area contributed by atoms with E-state index in [1.807, 2.05) is 0 Å². The van der Waals surface area contributed by atoms with Gasteiger partial charge >= 0.3 is 0 Å². The summed E-state index contributed by atoms with van der Waals surface area (Å²) < 4.78 is 0. The van der Waals surface area contributed by atoms with Gasteiger partial charge in [0.25, 0.3) is 5.82 Å². The molecule has 24 heavy (non-hydrogen) atoms. The second-order valence-corrected chi connectivity index (χ2v) is 6.76. The predicted molar refractivity (Wildman–Crippen MR) is 97.9 cm³/mol. The van der Waals surface area contributed by atoms with Crippen LogP contribution < -0.4 is 15.2 Å². The van der Waals surface area contributed by atoms with Gasteiger partial charge in [0.15, 0.2) is 0 Å². The van der Waals surface area contributed by atoms with Gasteiger partial charge in [0.1, 0.15) is 18.6 Å². The molecule has 0 saturated carbocycles. The number of quaternary nitrogens is 1. The fourth-order valence-electron chi connectivity index (χ4n) is 3.53. The summed E-state index contributed by atoms with van der Waals surface area (Å²) in [6.45, 7) is 4.68. The smallest absolute Gasteiger partial charge is 0.272 e. The van der Waals surface area contributed by atoms with Crippen molar-refractivity contribution in [2.45, 2.75) is 25.9 Å². The molecule has 1 aromatic heterocycles. The quantitative estimate of drug-likeness (QED) is 0.743. The molecule has 3 nitrogen and oxygen atoms in total. The molecule has 0 amide bonds. The minimum Gasteiger partial charge on any atom is -0.331 e. The summed E-state index contributed by atoms with van der Waals surface area (Å²) in [7, 11) is 0. The van der Waals surface area contributed by atoms with Gasteiger partial charge in [0, 0.05) is 29.9 Å². The SMILES string of the molecule is c1ccc2[nH+]c(NCc3ccc(C[NH+]4CCCC4)cc3)ccc2c1. The first-order valence-electron chi connectivity index (χ1n) is 8.93. The lowest BCUT2D eigenvalue weighted by Crippen LogP contribution is -3.08. The van der Waals surface area contributed by atoms with E-state index in [4.69, 9.17) is 0 Å². The molecule has 3 aromatic rings. The van der Waals surface area contributed by atoms with Crippen molar-refractivity contribution < 1.29 is 9.88 Å². The number of H-pyrrole nitrogens is 1. The summed E-state index contributed by atoms with van der Waals surface area (Å²) >= 11 is 0.